The highest BCUT2D eigenvalue weighted by atomic mass is 16.7. The predicted molar refractivity (Wildman–Crippen MR) is 91.9 cm³/mol. The minimum absolute atomic E-state index is 0.354. The molecule has 23 heavy (non-hydrogen) atoms. The van der Waals surface area contributed by atoms with Crippen molar-refractivity contribution in [3.8, 4) is 6.07 Å². The summed E-state index contributed by atoms with van der Waals surface area (Å²) in [6.45, 7) is 5.09. The molecule has 1 atom stereocenters. The third-order valence-electron chi connectivity index (χ3n) is 4.47. The first-order valence-electron chi connectivity index (χ1n) is 8.66. The Labute approximate surface area is 139 Å². The summed E-state index contributed by atoms with van der Waals surface area (Å²) in [5.74, 6) is 0. The summed E-state index contributed by atoms with van der Waals surface area (Å²) in [7, 11) is 0. The number of hydrogen-bond acceptors (Lipinski definition) is 3. The molecule has 0 amide bonds. The second kappa shape index (κ2) is 8.86. The van der Waals surface area contributed by atoms with Gasteiger partial charge >= 0.3 is 0 Å². The molecule has 0 radical (unpaired) electrons. The van der Waals surface area contributed by atoms with Gasteiger partial charge in [0.15, 0.2) is 6.29 Å². The molecule has 1 aliphatic rings. The molecular formula is C20H27NO2. The maximum absolute atomic E-state index is 10.2. The zero-order chi connectivity index (χ0) is 16.5. The Morgan fingerprint density at radius 3 is 2.35 bits per heavy atom. The molecule has 0 heterocycles. The molecule has 0 spiro atoms. The van der Waals surface area contributed by atoms with Crippen molar-refractivity contribution in [1.82, 2.24) is 0 Å². The van der Waals surface area contributed by atoms with Gasteiger partial charge in [0, 0.05) is 19.6 Å². The second-order valence-corrected chi connectivity index (χ2v) is 5.90. The van der Waals surface area contributed by atoms with E-state index in [0.717, 1.165) is 24.8 Å². The fraction of sp³-hybridized carbons (Fsp3) is 0.550. The summed E-state index contributed by atoms with van der Waals surface area (Å²) in [5.41, 5.74) is 1.61. The molecule has 1 aliphatic carbocycles. The summed E-state index contributed by atoms with van der Waals surface area (Å²) in [4.78, 5) is 0. The van der Waals surface area contributed by atoms with E-state index in [9.17, 15) is 5.26 Å². The van der Waals surface area contributed by atoms with Gasteiger partial charge < -0.3 is 9.47 Å². The fourth-order valence-electron chi connectivity index (χ4n) is 3.35. The van der Waals surface area contributed by atoms with Crippen LogP contribution in [-0.2, 0) is 14.9 Å². The molecule has 1 aromatic rings. The minimum Gasteiger partial charge on any atom is -0.353 e. The Balaban J connectivity index is 2.41. The molecule has 0 bridgehead atoms. The number of rotatable bonds is 8. The standard InChI is InChI=1S/C20H27NO2/c1-3-22-19(23-4-2)15-20(16-21,17-11-7-5-8-12-17)18-13-9-6-10-14-18/h5,7-8,11-13,19H,3-4,6,9-10,14-15H2,1-2H3. The van der Waals surface area contributed by atoms with Crippen LogP contribution in [0.15, 0.2) is 42.0 Å². The molecule has 124 valence electrons. The van der Waals surface area contributed by atoms with Gasteiger partial charge in [-0.15, -0.1) is 0 Å². The number of ether oxygens (including phenoxy) is 2. The van der Waals surface area contributed by atoms with Crippen LogP contribution in [0.5, 0.6) is 0 Å². The Kier molecular flexibility index (Phi) is 6.83. The average molecular weight is 313 g/mol. The maximum atomic E-state index is 10.2. The van der Waals surface area contributed by atoms with Crippen LogP contribution in [0.4, 0.5) is 0 Å². The van der Waals surface area contributed by atoms with E-state index in [1.165, 1.54) is 12.0 Å². The van der Waals surface area contributed by atoms with Gasteiger partial charge in [-0.1, -0.05) is 36.4 Å². The number of allylic oxidation sites excluding steroid dienone is 2. The molecule has 0 aromatic heterocycles. The van der Waals surface area contributed by atoms with Crippen LogP contribution in [0.3, 0.4) is 0 Å². The smallest absolute Gasteiger partial charge is 0.159 e. The normalized spacial score (nSPS) is 17.4. The molecule has 0 saturated heterocycles. The van der Waals surface area contributed by atoms with Gasteiger partial charge in [0.2, 0.25) is 0 Å². The Hall–Kier alpha value is -1.63. The van der Waals surface area contributed by atoms with Gasteiger partial charge in [0.25, 0.3) is 0 Å². The van der Waals surface area contributed by atoms with Crippen LogP contribution in [0.2, 0.25) is 0 Å². The van der Waals surface area contributed by atoms with E-state index >= 15 is 0 Å². The van der Waals surface area contributed by atoms with E-state index in [4.69, 9.17) is 9.47 Å². The number of hydrogen-bond donors (Lipinski definition) is 0. The Morgan fingerprint density at radius 1 is 1.13 bits per heavy atom. The molecule has 2 rings (SSSR count). The van der Waals surface area contributed by atoms with Gasteiger partial charge in [-0.05, 0) is 50.7 Å². The van der Waals surface area contributed by atoms with E-state index in [-0.39, 0.29) is 6.29 Å². The van der Waals surface area contributed by atoms with Crippen molar-refractivity contribution in [2.45, 2.75) is 57.7 Å². The van der Waals surface area contributed by atoms with Crippen molar-refractivity contribution in [1.29, 1.82) is 5.26 Å². The lowest BCUT2D eigenvalue weighted by Crippen LogP contribution is -2.35. The first kappa shape index (κ1) is 17.7. The minimum atomic E-state index is -0.656. The SMILES string of the molecule is CCOC(CC(C#N)(C1=CCCCC1)c1ccccc1)OCC. The van der Waals surface area contributed by atoms with Crippen LogP contribution in [0.25, 0.3) is 0 Å². The first-order chi connectivity index (χ1) is 11.3. The van der Waals surface area contributed by atoms with E-state index < -0.39 is 5.41 Å². The monoisotopic (exact) mass is 313 g/mol. The van der Waals surface area contributed by atoms with E-state index in [1.54, 1.807) is 0 Å². The van der Waals surface area contributed by atoms with Crippen molar-refractivity contribution < 1.29 is 9.47 Å². The molecule has 1 unspecified atom stereocenters. The average Bonchev–Trinajstić information content (AvgIpc) is 2.61. The molecule has 1 aromatic carbocycles. The number of nitrogens with zero attached hydrogens (tertiary/aromatic N) is 1. The summed E-state index contributed by atoms with van der Waals surface area (Å²) < 4.78 is 11.5. The van der Waals surface area contributed by atoms with Gasteiger partial charge in [-0.2, -0.15) is 5.26 Å². The predicted octanol–water partition coefficient (Wildman–Crippen LogP) is 4.74. The van der Waals surface area contributed by atoms with E-state index in [2.05, 4.69) is 12.1 Å². The van der Waals surface area contributed by atoms with Crippen LogP contribution in [0.1, 0.15) is 51.5 Å². The second-order valence-electron chi connectivity index (χ2n) is 5.90. The lowest BCUT2D eigenvalue weighted by molar-refractivity contribution is -0.144. The zero-order valence-corrected chi connectivity index (χ0v) is 14.3. The summed E-state index contributed by atoms with van der Waals surface area (Å²) in [6, 6.07) is 12.7. The van der Waals surface area contributed by atoms with Crippen LogP contribution >= 0.6 is 0 Å². The van der Waals surface area contributed by atoms with Gasteiger partial charge in [0.1, 0.15) is 5.41 Å². The molecule has 3 nitrogen and oxygen atoms in total. The van der Waals surface area contributed by atoms with E-state index in [1.807, 2.05) is 44.2 Å². The molecule has 0 aliphatic heterocycles. The Bertz CT molecular complexity index is 541. The first-order valence-corrected chi connectivity index (χ1v) is 8.66. The van der Waals surface area contributed by atoms with Gasteiger partial charge in [-0.3, -0.25) is 0 Å². The largest absolute Gasteiger partial charge is 0.353 e. The highest BCUT2D eigenvalue weighted by Gasteiger charge is 2.39. The number of benzene rings is 1. The van der Waals surface area contributed by atoms with E-state index in [0.29, 0.717) is 19.6 Å². The summed E-state index contributed by atoms with van der Waals surface area (Å²) in [5, 5.41) is 10.2. The molecular weight excluding hydrogens is 286 g/mol. The fourth-order valence-corrected chi connectivity index (χ4v) is 3.35. The van der Waals surface area contributed by atoms with Crippen LogP contribution in [-0.4, -0.2) is 19.5 Å². The summed E-state index contributed by atoms with van der Waals surface area (Å²) >= 11 is 0. The molecule has 0 N–H and O–H groups in total. The zero-order valence-electron chi connectivity index (χ0n) is 14.3. The maximum Gasteiger partial charge on any atom is 0.159 e. The highest BCUT2D eigenvalue weighted by molar-refractivity contribution is 5.44. The summed E-state index contributed by atoms with van der Waals surface area (Å²) in [6.07, 6.45) is 6.84. The quantitative estimate of drug-likeness (QED) is 0.514. The van der Waals surface area contributed by atoms with Gasteiger partial charge in [0.05, 0.1) is 6.07 Å². The van der Waals surface area contributed by atoms with Crippen molar-refractivity contribution in [3.05, 3.63) is 47.5 Å². The van der Waals surface area contributed by atoms with Crippen LogP contribution < -0.4 is 0 Å². The molecule has 0 fully saturated rings. The molecule has 0 saturated carbocycles. The highest BCUT2D eigenvalue weighted by Crippen LogP contribution is 2.41. The van der Waals surface area contributed by atoms with Crippen molar-refractivity contribution >= 4 is 0 Å². The molecule has 3 heteroatoms. The van der Waals surface area contributed by atoms with Crippen molar-refractivity contribution in [3.63, 3.8) is 0 Å². The lowest BCUT2D eigenvalue weighted by atomic mass is 9.69. The van der Waals surface area contributed by atoms with Crippen molar-refractivity contribution in [2.75, 3.05) is 13.2 Å². The lowest BCUT2D eigenvalue weighted by Gasteiger charge is -2.35. The topological polar surface area (TPSA) is 42.2 Å². The third kappa shape index (κ3) is 4.22. The number of nitriles is 1. The third-order valence-corrected chi connectivity index (χ3v) is 4.47. The van der Waals surface area contributed by atoms with Crippen molar-refractivity contribution in [2.24, 2.45) is 0 Å². The Morgan fingerprint density at radius 2 is 1.83 bits per heavy atom. The van der Waals surface area contributed by atoms with Gasteiger partial charge in [-0.25, -0.2) is 0 Å². The van der Waals surface area contributed by atoms with Crippen LogP contribution in [0, 0.1) is 11.3 Å².